The largest absolute Gasteiger partial charge is 1.00 e. The maximum absolute atomic E-state index is 5.49. The van der Waals surface area contributed by atoms with Crippen molar-refractivity contribution < 1.29 is 53.7 Å². The van der Waals surface area contributed by atoms with Gasteiger partial charge in [0.2, 0.25) is 0 Å². The smallest absolute Gasteiger partial charge is 1.00 e. The van der Waals surface area contributed by atoms with Crippen LogP contribution in [0.3, 0.4) is 0 Å². The molecule has 0 aromatic heterocycles. The van der Waals surface area contributed by atoms with Crippen molar-refractivity contribution in [1.82, 2.24) is 0 Å². The van der Waals surface area contributed by atoms with Gasteiger partial charge in [-0.05, 0) is 0 Å². The van der Waals surface area contributed by atoms with Crippen LogP contribution in [0.1, 0.15) is 33.3 Å². The summed E-state index contributed by atoms with van der Waals surface area (Å²) < 4.78 is 10.8. The monoisotopic (exact) mass is 311 g/mol. The third-order valence-corrected chi connectivity index (χ3v) is 2.52. The van der Waals surface area contributed by atoms with Crippen LogP contribution in [-0.4, -0.2) is 6.61 Å². The Morgan fingerprint density at radius 3 is 2.18 bits per heavy atom. The molecule has 0 bridgehead atoms. The summed E-state index contributed by atoms with van der Waals surface area (Å²) in [5, 5.41) is 0. The maximum atomic E-state index is 5.49. The molecule has 0 saturated carbocycles. The summed E-state index contributed by atoms with van der Waals surface area (Å²) in [6.07, 6.45) is 0. The van der Waals surface area contributed by atoms with Crippen LogP contribution >= 0.6 is 0 Å². The van der Waals surface area contributed by atoms with Crippen molar-refractivity contribution in [1.29, 1.82) is 0 Å². The Labute approximate surface area is 128 Å². The van der Waals surface area contributed by atoms with E-state index in [9.17, 15) is 0 Å². The first-order chi connectivity index (χ1) is 6.99. The third kappa shape index (κ3) is 5.52. The Kier molecular flexibility index (Phi) is 9.45. The Morgan fingerprint density at radius 1 is 1.18 bits per heavy atom. The predicted octanol–water partition coefficient (Wildman–Crippen LogP) is -2.77. The molecule has 0 radical (unpaired) electrons. The molecule has 0 saturated heterocycles. The molecule has 1 aromatic rings. The molecule has 2 nitrogen and oxygen atoms in total. The fraction of sp³-hybridized carbons (Fsp3) is 0.500. The molecule has 17 heavy (non-hydrogen) atoms. The van der Waals surface area contributed by atoms with Crippen LogP contribution in [0, 0.1) is 0 Å². The first-order valence-corrected chi connectivity index (χ1v) is 5.73. The van der Waals surface area contributed by atoms with Gasteiger partial charge in [0, 0.05) is 0 Å². The van der Waals surface area contributed by atoms with Crippen molar-refractivity contribution in [2.24, 2.45) is 0 Å². The first-order valence-electron chi connectivity index (χ1n) is 5.10. The van der Waals surface area contributed by atoms with E-state index in [0.29, 0.717) is 6.61 Å². The molecule has 0 atom stereocenters. The molecule has 0 heterocycles. The molecular weight excluding hydrogens is 295 g/mol. The molecule has 1 rings (SSSR count). The summed E-state index contributed by atoms with van der Waals surface area (Å²) in [6.45, 7) is 9.18. The standard InChI is InChI=1S/C12H18O2.2ClH.Ti/c1-5-14-9-6-7-11(13)10(8-9)12(2,3)4;;;/h6-8,13H,5H2,1-4H3;2*1H;/q;;;+3/p-3. The van der Waals surface area contributed by atoms with Gasteiger partial charge in [0.1, 0.15) is 0 Å². The van der Waals surface area contributed by atoms with Gasteiger partial charge in [-0.2, -0.15) is 0 Å². The molecule has 0 aliphatic rings. The first kappa shape index (κ1) is 19.5. The van der Waals surface area contributed by atoms with Crippen molar-refractivity contribution in [2.75, 3.05) is 6.61 Å². The quantitative estimate of drug-likeness (QED) is 0.563. The van der Waals surface area contributed by atoms with E-state index < -0.39 is 0 Å². The van der Waals surface area contributed by atoms with Gasteiger partial charge in [0.05, 0.1) is 0 Å². The fourth-order valence-corrected chi connectivity index (χ4v) is 1.72. The minimum atomic E-state index is 0. The summed E-state index contributed by atoms with van der Waals surface area (Å²) in [6, 6.07) is 5.96. The van der Waals surface area contributed by atoms with E-state index in [2.05, 4.69) is 26.8 Å². The van der Waals surface area contributed by atoms with E-state index in [-0.39, 0.29) is 30.2 Å². The number of hydrogen-bond acceptors (Lipinski definition) is 2. The molecule has 0 amide bonds. The summed E-state index contributed by atoms with van der Waals surface area (Å²) in [5.41, 5.74) is 1.24. The topological polar surface area (TPSA) is 18.5 Å². The van der Waals surface area contributed by atoms with Gasteiger partial charge in [0.25, 0.3) is 0 Å². The maximum Gasteiger partial charge on any atom is -1.00 e. The molecule has 0 spiro atoms. The van der Waals surface area contributed by atoms with Crippen molar-refractivity contribution in [3.8, 4) is 11.5 Å². The zero-order valence-corrected chi connectivity index (χ0v) is 13.6. The van der Waals surface area contributed by atoms with Gasteiger partial charge >= 0.3 is 104 Å². The summed E-state index contributed by atoms with van der Waals surface area (Å²) in [5.74, 6) is 1.83. The van der Waals surface area contributed by atoms with Crippen LogP contribution in [-0.2, 0) is 26.2 Å². The molecule has 0 N–H and O–H groups in total. The molecular formula is C12H17Cl2O2Ti. The van der Waals surface area contributed by atoms with E-state index >= 15 is 0 Å². The minimum absolute atomic E-state index is 0. The van der Waals surface area contributed by atoms with Crippen LogP contribution in [0.15, 0.2) is 18.2 Å². The van der Waals surface area contributed by atoms with Crippen LogP contribution < -0.4 is 32.9 Å². The number of rotatable bonds is 3. The average Bonchev–Trinajstić information content (AvgIpc) is 2.17. The molecule has 0 aliphatic carbocycles. The molecule has 0 aliphatic heterocycles. The Balaban J connectivity index is 0. The minimum Gasteiger partial charge on any atom is -1.00 e. The average molecular weight is 312 g/mol. The normalized spacial score (nSPS) is 10.0. The second kappa shape index (κ2) is 8.26. The van der Waals surface area contributed by atoms with Gasteiger partial charge in [-0.25, -0.2) is 0 Å². The predicted molar refractivity (Wildman–Crippen MR) is 56.9 cm³/mol. The van der Waals surface area contributed by atoms with Gasteiger partial charge in [-0.1, -0.05) is 0 Å². The second-order valence-corrected chi connectivity index (χ2v) is 4.76. The van der Waals surface area contributed by atoms with Crippen molar-refractivity contribution in [3.05, 3.63) is 23.8 Å². The van der Waals surface area contributed by atoms with Crippen molar-refractivity contribution >= 4 is 0 Å². The van der Waals surface area contributed by atoms with Gasteiger partial charge < -0.3 is 24.8 Å². The van der Waals surface area contributed by atoms with E-state index in [1.807, 2.05) is 19.1 Å². The van der Waals surface area contributed by atoms with Crippen molar-refractivity contribution in [3.63, 3.8) is 0 Å². The van der Waals surface area contributed by atoms with E-state index in [4.69, 9.17) is 8.06 Å². The third-order valence-electron chi connectivity index (χ3n) is 2.18. The zero-order chi connectivity index (χ0) is 11.5. The summed E-state index contributed by atoms with van der Waals surface area (Å²) in [7, 11) is 0. The number of hydrogen-bond donors (Lipinski definition) is 0. The van der Waals surface area contributed by atoms with Crippen LogP contribution in [0.5, 0.6) is 11.5 Å². The SMILES string of the molecule is CCOc1ccc([O][Ti+2])c(C(C)(C)C)c1.[Cl-].[Cl-]. The Bertz CT molecular complexity index is 338. The van der Waals surface area contributed by atoms with Crippen LogP contribution in [0.2, 0.25) is 0 Å². The van der Waals surface area contributed by atoms with Crippen molar-refractivity contribution in [2.45, 2.75) is 33.1 Å². The molecule has 5 heteroatoms. The molecule has 1 aromatic carbocycles. The van der Waals surface area contributed by atoms with Gasteiger partial charge in [-0.15, -0.1) is 0 Å². The van der Waals surface area contributed by atoms with E-state index in [0.717, 1.165) is 11.5 Å². The molecule has 0 unspecified atom stereocenters. The van der Waals surface area contributed by atoms with E-state index in [1.165, 1.54) is 5.56 Å². The fourth-order valence-electron chi connectivity index (χ4n) is 1.44. The zero-order valence-electron chi connectivity index (χ0n) is 10.5. The Morgan fingerprint density at radius 2 is 1.76 bits per heavy atom. The van der Waals surface area contributed by atoms with Gasteiger partial charge in [-0.3, -0.25) is 0 Å². The number of benzene rings is 1. The Hall–Kier alpha value is 0.114. The summed E-state index contributed by atoms with van der Waals surface area (Å²) in [4.78, 5) is 0. The molecule has 0 fully saturated rings. The molecule has 95 valence electrons. The summed E-state index contributed by atoms with van der Waals surface area (Å²) >= 11 is 1.70. The van der Waals surface area contributed by atoms with Crippen LogP contribution in [0.25, 0.3) is 0 Å². The van der Waals surface area contributed by atoms with E-state index in [1.54, 1.807) is 20.8 Å². The van der Waals surface area contributed by atoms with Gasteiger partial charge in [0.15, 0.2) is 0 Å². The number of ether oxygens (including phenoxy) is 1. The second-order valence-electron chi connectivity index (χ2n) is 4.44. The van der Waals surface area contributed by atoms with Crippen LogP contribution in [0.4, 0.5) is 0 Å². The number of halogens is 2.